The summed E-state index contributed by atoms with van der Waals surface area (Å²) in [5.41, 5.74) is -0.248. The molecular formula is C8H13ClO. The van der Waals surface area contributed by atoms with Crippen molar-refractivity contribution in [3.63, 3.8) is 0 Å². The van der Waals surface area contributed by atoms with Crippen molar-refractivity contribution < 1.29 is 4.74 Å². The summed E-state index contributed by atoms with van der Waals surface area (Å²) in [7, 11) is 0. The highest BCUT2D eigenvalue weighted by Gasteiger charge is 1.84. The molecule has 0 aromatic heterocycles. The van der Waals surface area contributed by atoms with Crippen LogP contribution in [0, 0.1) is 0 Å². The lowest BCUT2D eigenvalue weighted by Gasteiger charge is -1.96. The monoisotopic (exact) mass is 160 g/mol. The molecule has 0 spiro atoms. The minimum Gasteiger partial charge on any atom is -0.483 e. The maximum absolute atomic E-state index is 5.28. The highest BCUT2D eigenvalue weighted by atomic mass is 35.5. The van der Waals surface area contributed by atoms with Gasteiger partial charge in [-0.3, -0.25) is 0 Å². The van der Waals surface area contributed by atoms with E-state index in [4.69, 9.17) is 11.6 Å². The van der Waals surface area contributed by atoms with Crippen molar-refractivity contribution in [3.8, 4) is 0 Å². The van der Waals surface area contributed by atoms with Crippen molar-refractivity contribution in [1.29, 1.82) is 0 Å². The van der Waals surface area contributed by atoms with Gasteiger partial charge in [0.1, 0.15) is 0 Å². The standard InChI is InChI=1S/C4H7ClO.C4H6/c1-3-6-4(2)5;1-3-4-2/h3-4H,1H2,2H3;3-4H,1-2H2. The molecule has 0 aromatic carbocycles. The molecule has 0 aromatic rings. The number of halogens is 1. The van der Waals surface area contributed by atoms with E-state index < -0.39 is 0 Å². The van der Waals surface area contributed by atoms with E-state index in [2.05, 4.69) is 24.5 Å². The van der Waals surface area contributed by atoms with Crippen molar-refractivity contribution in [3.05, 3.63) is 38.2 Å². The van der Waals surface area contributed by atoms with E-state index in [1.165, 1.54) is 6.26 Å². The number of ether oxygens (including phenoxy) is 1. The average molecular weight is 161 g/mol. The minimum atomic E-state index is -0.248. The Morgan fingerprint density at radius 2 is 1.70 bits per heavy atom. The second kappa shape index (κ2) is 11.2. The van der Waals surface area contributed by atoms with E-state index >= 15 is 0 Å². The van der Waals surface area contributed by atoms with Crippen LogP contribution in [-0.4, -0.2) is 5.56 Å². The third kappa shape index (κ3) is 26.6. The summed E-state index contributed by atoms with van der Waals surface area (Å²) >= 11 is 5.28. The average Bonchev–Trinajstić information content (AvgIpc) is 1.89. The molecule has 0 N–H and O–H groups in total. The van der Waals surface area contributed by atoms with Crippen LogP contribution in [-0.2, 0) is 4.74 Å². The van der Waals surface area contributed by atoms with Crippen LogP contribution in [0.4, 0.5) is 0 Å². The van der Waals surface area contributed by atoms with Crippen LogP contribution >= 0.6 is 11.6 Å². The van der Waals surface area contributed by atoms with Crippen LogP contribution in [0.15, 0.2) is 38.2 Å². The summed E-state index contributed by atoms with van der Waals surface area (Å²) in [5.74, 6) is 0. The third-order valence-corrected chi connectivity index (χ3v) is 0.553. The van der Waals surface area contributed by atoms with Crippen LogP contribution in [0.25, 0.3) is 0 Å². The molecule has 0 heterocycles. The first-order chi connectivity index (χ1) is 4.68. The highest BCUT2D eigenvalue weighted by Crippen LogP contribution is 1.93. The van der Waals surface area contributed by atoms with E-state index in [0.717, 1.165) is 0 Å². The SMILES string of the molecule is C=CC=C.C=COC(C)Cl. The summed E-state index contributed by atoms with van der Waals surface area (Å²) in [5, 5.41) is 0. The Morgan fingerprint density at radius 1 is 1.30 bits per heavy atom. The Hall–Kier alpha value is -0.690. The van der Waals surface area contributed by atoms with Gasteiger partial charge in [-0.25, -0.2) is 0 Å². The number of hydrogen-bond donors (Lipinski definition) is 0. The normalized spacial score (nSPS) is 9.80. The molecule has 58 valence electrons. The molecule has 0 aliphatic rings. The largest absolute Gasteiger partial charge is 0.483 e. The fourth-order valence-electron chi connectivity index (χ4n) is 0.133. The molecule has 1 atom stereocenters. The van der Waals surface area contributed by atoms with E-state index in [9.17, 15) is 0 Å². The predicted octanol–water partition coefficient (Wildman–Crippen LogP) is 3.09. The molecule has 0 bridgehead atoms. The van der Waals surface area contributed by atoms with Crippen molar-refractivity contribution in [2.45, 2.75) is 12.5 Å². The third-order valence-electron chi connectivity index (χ3n) is 0.450. The van der Waals surface area contributed by atoms with Crippen LogP contribution in [0.5, 0.6) is 0 Å². The van der Waals surface area contributed by atoms with E-state index in [1.807, 2.05) is 0 Å². The van der Waals surface area contributed by atoms with Crippen LogP contribution in [0.2, 0.25) is 0 Å². The van der Waals surface area contributed by atoms with Crippen molar-refractivity contribution >= 4 is 11.6 Å². The Labute approximate surface area is 67.6 Å². The van der Waals surface area contributed by atoms with Gasteiger partial charge in [0.15, 0.2) is 5.56 Å². The van der Waals surface area contributed by atoms with Gasteiger partial charge in [-0.1, -0.05) is 43.5 Å². The molecular weight excluding hydrogens is 148 g/mol. The zero-order valence-corrected chi connectivity index (χ0v) is 6.97. The molecule has 1 nitrogen and oxygen atoms in total. The lowest BCUT2D eigenvalue weighted by atomic mass is 10.6. The molecule has 2 heteroatoms. The van der Waals surface area contributed by atoms with Crippen LogP contribution in [0.3, 0.4) is 0 Å². The van der Waals surface area contributed by atoms with Gasteiger partial charge in [-0.2, -0.15) is 0 Å². The van der Waals surface area contributed by atoms with Gasteiger partial charge in [0, 0.05) is 0 Å². The molecule has 0 rings (SSSR count). The zero-order valence-electron chi connectivity index (χ0n) is 6.22. The zero-order chi connectivity index (χ0) is 8.41. The molecule has 0 amide bonds. The summed E-state index contributed by atoms with van der Waals surface area (Å²) in [4.78, 5) is 0. The second-order valence-electron chi connectivity index (χ2n) is 1.32. The molecule has 0 aliphatic heterocycles. The lowest BCUT2D eigenvalue weighted by Crippen LogP contribution is -1.88. The van der Waals surface area contributed by atoms with Gasteiger partial charge in [-0.15, -0.1) is 0 Å². The van der Waals surface area contributed by atoms with Gasteiger partial charge in [0.25, 0.3) is 0 Å². The Balaban J connectivity index is 0. The molecule has 0 radical (unpaired) electrons. The summed E-state index contributed by atoms with van der Waals surface area (Å²) in [6.07, 6.45) is 4.59. The molecule has 0 aliphatic carbocycles. The van der Waals surface area contributed by atoms with E-state index in [1.54, 1.807) is 19.1 Å². The van der Waals surface area contributed by atoms with Crippen molar-refractivity contribution in [1.82, 2.24) is 0 Å². The summed E-state index contributed by atoms with van der Waals surface area (Å²) in [6, 6.07) is 0. The van der Waals surface area contributed by atoms with Gasteiger partial charge in [0.2, 0.25) is 0 Å². The number of alkyl halides is 1. The summed E-state index contributed by atoms with van der Waals surface area (Å²) < 4.78 is 4.57. The number of hydrogen-bond acceptors (Lipinski definition) is 1. The number of allylic oxidation sites excluding steroid dienone is 2. The topological polar surface area (TPSA) is 9.23 Å². The first-order valence-corrected chi connectivity index (χ1v) is 3.26. The predicted molar refractivity (Wildman–Crippen MR) is 47.0 cm³/mol. The minimum absolute atomic E-state index is 0.248. The fourth-order valence-corrected chi connectivity index (χ4v) is 0.205. The van der Waals surface area contributed by atoms with Crippen LogP contribution < -0.4 is 0 Å². The van der Waals surface area contributed by atoms with E-state index in [0.29, 0.717) is 0 Å². The molecule has 10 heavy (non-hydrogen) atoms. The Kier molecular flexibility index (Phi) is 13.4. The smallest absolute Gasteiger partial charge is 0.168 e. The van der Waals surface area contributed by atoms with Gasteiger partial charge in [-0.05, 0) is 6.92 Å². The maximum atomic E-state index is 5.28. The number of rotatable bonds is 3. The molecule has 0 saturated carbocycles. The Bertz CT molecular complexity index is 91.4. The van der Waals surface area contributed by atoms with E-state index in [-0.39, 0.29) is 5.56 Å². The highest BCUT2D eigenvalue weighted by molar-refractivity contribution is 6.19. The maximum Gasteiger partial charge on any atom is 0.168 e. The van der Waals surface area contributed by atoms with Crippen molar-refractivity contribution in [2.24, 2.45) is 0 Å². The van der Waals surface area contributed by atoms with Gasteiger partial charge >= 0.3 is 0 Å². The molecule has 0 saturated heterocycles. The Morgan fingerprint density at radius 3 is 1.70 bits per heavy atom. The molecule has 1 unspecified atom stereocenters. The van der Waals surface area contributed by atoms with Gasteiger partial charge < -0.3 is 4.74 Å². The quantitative estimate of drug-likeness (QED) is 0.350. The van der Waals surface area contributed by atoms with Crippen LogP contribution in [0.1, 0.15) is 6.92 Å². The lowest BCUT2D eigenvalue weighted by molar-refractivity contribution is 0.234. The summed E-state index contributed by atoms with van der Waals surface area (Å²) in [6.45, 7) is 11.7. The van der Waals surface area contributed by atoms with Gasteiger partial charge in [0.05, 0.1) is 6.26 Å². The molecule has 0 fully saturated rings. The first kappa shape index (κ1) is 12.0. The second-order valence-corrected chi connectivity index (χ2v) is 1.93. The fraction of sp³-hybridized carbons (Fsp3) is 0.250. The first-order valence-electron chi connectivity index (χ1n) is 2.83. The van der Waals surface area contributed by atoms with Crippen molar-refractivity contribution in [2.75, 3.05) is 0 Å².